The van der Waals surface area contributed by atoms with Crippen molar-refractivity contribution in [3.8, 4) is 5.75 Å². The Morgan fingerprint density at radius 3 is 2.38 bits per heavy atom. The number of amides is 1. The number of piperazine rings is 1. The van der Waals surface area contributed by atoms with Gasteiger partial charge >= 0.3 is 0 Å². The van der Waals surface area contributed by atoms with E-state index in [0.717, 1.165) is 37.6 Å². The van der Waals surface area contributed by atoms with Crippen molar-refractivity contribution in [2.75, 3.05) is 50.1 Å². The van der Waals surface area contributed by atoms with Crippen LogP contribution in [-0.4, -0.2) is 50.6 Å². The third-order valence-electron chi connectivity index (χ3n) is 5.56. The molecule has 1 saturated heterocycles. The highest BCUT2D eigenvalue weighted by molar-refractivity contribution is 5.92. The number of carbonyl (C=O) groups is 1. The van der Waals surface area contributed by atoms with Crippen molar-refractivity contribution in [3.63, 3.8) is 0 Å². The van der Waals surface area contributed by atoms with Crippen molar-refractivity contribution >= 4 is 17.3 Å². The summed E-state index contributed by atoms with van der Waals surface area (Å²) in [6.45, 7) is 12.7. The zero-order chi connectivity index (χ0) is 21.0. The topological polar surface area (TPSA) is 44.8 Å². The van der Waals surface area contributed by atoms with Crippen molar-refractivity contribution in [2.45, 2.75) is 33.6 Å². The lowest BCUT2D eigenvalue weighted by atomic mass is 9.98. The predicted molar refractivity (Wildman–Crippen MR) is 120 cm³/mol. The molecule has 0 atom stereocenters. The Morgan fingerprint density at radius 2 is 1.76 bits per heavy atom. The van der Waals surface area contributed by atoms with Crippen LogP contribution in [0.15, 0.2) is 36.4 Å². The minimum absolute atomic E-state index is 0.000274. The van der Waals surface area contributed by atoms with Crippen LogP contribution in [0, 0.1) is 13.8 Å². The summed E-state index contributed by atoms with van der Waals surface area (Å²) in [5.41, 5.74) is 5.72. The van der Waals surface area contributed by atoms with Gasteiger partial charge in [0, 0.05) is 37.6 Å². The molecule has 3 rings (SSSR count). The van der Waals surface area contributed by atoms with Crippen LogP contribution >= 0.6 is 0 Å². The molecule has 1 heterocycles. The number of nitrogens with one attached hydrogen (secondary N) is 1. The molecule has 1 N–H and O–H groups in total. The summed E-state index contributed by atoms with van der Waals surface area (Å²) < 4.78 is 5.69. The molecule has 1 aliphatic rings. The number of anilines is 2. The van der Waals surface area contributed by atoms with Gasteiger partial charge in [-0.25, -0.2) is 0 Å². The maximum Gasteiger partial charge on any atom is 0.262 e. The highest BCUT2D eigenvalue weighted by Crippen LogP contribution is 2.25. The van der Waals surface area contributed by atoms with E-state index in [0.29, 0.717) is 5.92 Å². The quantitative estimate of drug-likeness (QED) is 0.796. The van der Waals surface area contributed by atoms with E-state index in [-0.39, 0.29) is 12.5 Å². The predicted octanol–water partition coefficient (Wildman–Crippen LogP) is 4.20. The lowest BCUT2D eigenvalue weighted by Gasteiger charge is -2.35. The number of hydrogen-bond donors (Lipinski definition) is 1. The van der Waals surface area contributed by atoms with E-state index in [9.17, 15) is 4.79 Å². The first-order valence-electron chi connectivity index (χ1n) is 10.4. The summed E-state index contributed by atoms with van der Waals surface area (Å²) in [4.78, 5) is 17.1. The maximum atomic E-state index is 12.3. The molecule has 1 amide bonds. The summed E-state index contributed by atoms with van der Waals surface area (Å²) in [5, 5.41) is 2.94. The highest BCUT2D eigenvalue weighted by atomic mass is 16.5. The molecule has 1 fully saturated rings. The van der Waals surface area contributed by atoms with Crippen molar-refractivity contribution < 1.29 is 9.53 Å². The largest absolute Gasteiger partial charge is 0.484 e. The zero-order valence-electron chi connectivity index (χ0n) is 18.3. The fraction of sp³-hybridized carbons (Fsp3) is 0.458. The number of carbonyl (C=O) groups excluding carboxylic acids is 1. The minimum atomic E-state index is -0.151. The molecular weight excluding hydrogens is 362 g/mol. The van der Waals surface area contributed by atoms with Crippen LogP contribution in [0.3, 0.4) is 0 Å². The molecule has 5 heteroatoms. The van der Waals surface area contributed by atoms with Gasteiger partial charge in [0.25, 0.3) is 5.91 Å². The lowest BCUT2D eigenvalue weighted by molar-refractivity contribution is -0.118. The second kappa shape index (κ2) is 9.31. The normalized spacial score (nSPS) is 14.9. The van der Waals surface area contributed by atoms with Gasteiger partial charge in [-0.05, 0) is 73.8 Å². The summed E-state index contributed by atoms with van der Waals surface area (Å²) >= 11 is 0. The van der Waals surface area contributed by atoms with Crippen LogP contribution in [0.25, 0.3) is 0 Å². The van der Waals surface area contributed by atoms with E-state index >= 15 is 0 Å². The molecule has 2 aromatic carbocycles. The first-order valence-corrected chi connectivity index (χ1v) is 10.4. The van der Waals surface area contributed by atoms with Gasteiger partial charge in [-0.1, -0.05) is 19.9 Å². The average molecular weight is 396 g/mol. The molecule has 0 aliphatic carbocycles. The standard InChI is InChI=1S/C24H33N3O2/c1-17(2)22-8-7-21(15-18(22)3)29-16-24(28)25-20-6-9-23(19(4)14-20)27-12-10-26(5)11-13-27/h6-9,14-15,17H,10-13,16H2,1-5H3,(H,25,28). The fourth-order valence-electron chi connectivity index (χ4n) is 3.87. The van der Waals surface area contributed by atoms with E-state index in [2.05, 4.69) is 62.0 Å². The van der Waals surface area contributed by atoms with Crippen LogP contribution in [0.2, 0.25) is 0 Å². The molecular formula is C24H33N3O2. The zero-order valence-corrected chi connectivity index (χ0v) is 18.3. The van der Waals surface area contributed by atoms with Crippen molar-refractivity contribution in [1.82, 2.24) is 4.90 Å². The molecule has 0 radical (unpaired) electrons. The van der Waals surface area contributed by atoms with E-state index in [1.807, 2.05) is 24.3 Å². The number of benzene rings is 2. The van der Waals surface area contributed by atoms with Gasteiger partial charge in [0.1, 0.15) is 5.75 Å². The van der Waals surface area contributed by atoms with E-state index in [1.165, 1.54) is 22.4 Å². The van der Waals surface area contributed by atoms with Gasteiger partial charge in [0.15, 0.2) is 6.61 Å². The van der Waals surface area contributed by atoms with Gasteiger partial charge < -0.3 is 19.9 Å². The van der Waals surface area contributed by atoms with Crippen LogP contribution in [0.4, 0.5) is 11.4 Å². The maximum absolute atomic E-state index is 12.3. The van der Waals surface area contributed by atoms with Gasteiger partial charge in [-0.15, -0.1) is 0 Å². The summed E-state index contributed by atoms with van der Waals surface area (Å²) in [6.07, 6.45) is 0. The van der Waals surface area contributed by atoms with Crippen molar-refractivity contribution in [2.24, 2.45) is 0 Å². The van der Waals surface area contributed by atoms with Crippen LogP contribution in [0.5, 0.6) is 5.75 Å². The first kappa shape index (κ1) is 21.2. The van der Waals surface area contributed by atoms with Crippen LogP contribution in [-0.2, 0) is 4.79 Å². The number of rotatable bonds is 6. The summed E-state index contributed by atoms with van der Waals surface area (Å²) in [6, 6.07) is 12.1. The fourth-order valence-corrected chi connectivity index (χ4v) is 3.87. The molecule has 0 saturated carbocycles. The highest BCUT2D eigenvalue weighted by Gasteiger charge is 2.16. The van der Waals surface area contributed by atoms with E-state index < -0.39 is 0 Å². The van der Waals surface area contributed by atoms with Gasteiger partial charge in [-0.2, -0.15) is 0 Å². The Balaban J connectivity index is 1.55. The van der Waals surface area contributed by atoms with Crippen molar-refractivity contribution in [1.29, 1.82) is 0 Å². The van der Waals surface area contributed by atoms with Gasteiger partial charge in [-0.3, -0.25) is 4.79 Å². The molecule has 0 aromatic heterocycles. The monoisotopic (exact) mass is 395 g/mol. The molecule has 1 aliphatic heterocycles. The number of hydrogen-bond acceptors (Lipinski definition) is 4. The Labute approximate surface area is 174 Å². The Kier molecular flexibility index (Phi) is 6.80. The number of aryl methyl sites for hydroxylation is 2. The average Bonchev–Trinajstić information content (AvgIpc) is 2.67. The summed E-state index contributed by atoms with van der Waals surface area (Å²) in [5.74, 6) is 1.05. The van der Waals surface area contributed by atoms with Crippen LogP contribution < -0.4 is 15.0 Å². The molecule has 0 bridgehead atoms. The first-order chi connectivity index (χ1) is 13.8. The van der Waals surface area contributed by atoms with Crippen LogP contribution in [0.1, 0.15) is 36.5 Å². The minimum Gasteiger partial charge on any atom is -0.484 e. The van der Waals surface area contributed by atoms with Gasteiger partial charge in [0.05, 0.1) is 0 Å². The Hall–Kier alpha value is -2.53. The molecule has 156 valence electrons. The Morgan fingerprint density at radius 1 is 1.03 bits per heavy atom. The van der Waals surface area contributed by atoms with Crippen molar-refractivity contribution in [3.05, 3.63) is 53.1 Å². The third-order valence-corrected chi connectivity index (χ3v) is 5.56. The molecule has 29 heavy (non-hydrogen) atoms. The lowest BCUT2D eigenvalue weighted by Crippen LogP contribution is -2.44. The van der Waals surface area contributed by atoms with E-state index in [4.69, 9.17) is 4.74 Å². The second-order valence-corrected chi connectivity index (χ2v) is 8.30. The summed E-state index contributed by atoms with van der Waals surface area (Å²) in [7, 11) is 2.16. The smallest absolute Gasteiger partial charge is 0.262 e. The second-order valence-electron chi connectivity index (χ2n) is 8.30. The molecule has 2 aromatic rings. The SMILES string of the molecule is Cc1cc(OCC(=O)Nc2ccc(N3CCN(C)CC3)c(C)c2)ccc1C(C)C. The van der Waals surface area contributed by atoms with E-state index in [1.54, 1.807) is 0 Å². The molecule has 0 unspecified atom stereocenters. The number of nitrogens with zero attached hydrogens (tertiary/aromatic N) is 2. The molecule has 5 nitrogen and oxygen atoms in total. The van der Waals surface area contributed by atoms with Gasteiger partial charge in [0.2, 0.25) is 0 Å². The third kappa shape index (κ3) is 5.51. The molecule has 0 spiro atoms. The Bertz CT molecular complexity index is 855. The number of ether oxygens (including phenoxy) is 1. The number of likely N-dealkylation sites (N-methyl/N-ethyl adjacent to an activating group) is 1.